The average Bonchev–Trinajstić information content (AvgIpc) is 2.73. The van der Waals surface area contributed by atoms with Crippen molar-refractivity contribution in [2.24, 2.45) is 0 Å². The molecule has 2 aromatic carbocycles. The molecule has 3 rings (SSSR count). The molecular formula is C23H21FN2O3. The van der Waals surface area contributed by atoms with E-state index in [9.17, 15) is 9.18 Å². The third kappa shape index (κ3) is 6.55. The topological polar surface area (TPSA) is 60.5 Å². The second-order valence-corrected chi connectivity index (χ2v) is 6.30. The van der Waals surface area contributed by atoms with Gasteiger partial charge in [-0.1, -0.05) is 24.3 Å². The predicted octanol–water partition coefficient (Wildman–Crippen LogP) is 4.60. The fourth-order valence-electron chi connectivity index (χ4n) is 2.62. The number of amides is 1. The van der Waals surface area contributed by atoms with Gasteiger partial charge in [0.1, 0.15) is 11.6 Å². The maximum Gasteiger partial charge on any atom is 0.248 e. The van der Waals surface area contributed by atoms with Crippen molar-refractivity contribution in [2.45, 2.75) is 13.2 Å². The highest BCUT2D eigenvalue weighted by molar-refractivity contribution is 6.01. The van der Waals surface area contributed by atoms with Gasteiger partial charge in [-0.3, -0.25) is 9.78 Å². The van der Waals surface area contributed by atoms with Crippen molar-refractivity contribution in [2.75, 3.05) is 12.4 Å². The van der Waals surface area contributed by atoms with E-state index in [4.69, 9.17) is 9.47 Å². The summed E-state index contributed by atoms with van der Waals surface area (Å²) >= 11 is 0. The molecule has 0 unspecified atom stereocenters. The predicted molar refractivity (Wildman–Crippen MR) is 110 cm³/mol. The van der Waals surface area contributed by atoms with Crippen LogP contribution < -0.4 is 10.1 Å². The zero-order chi connectivity index (χ0) is 20.5. The minimum absolute atomic E-state index is 0.314. The molecule has 0 spiro atoms. The van der Waals surface area contributed by atoms with Crippen molar-refractivity contribution in [3.63, 3.8) is 0 Å². The summed E-state index contributed by atoms with van der Waals surface area (Å²) in [6.07, 6.45) is 5.43. The van der Waals surface area contributed by atoms with E-state index < -0.39 is 5.82 Å². The van der Waals surface area contributed by atoms with Gasteiger partial charge in [0.05, 0.1) is 26.5 Å². The average molecular weight is 392 g/mol. The summed E-state index contributed by atoms with van der Waals surface area (Å²) in [6.45, 7) is 0.894. The van der Waals surface area contributed by atoms with Crippen LogP contribution in [0.2, 0.25) is 0 Å². The number of halogens is 1. The van der Waals surface area contributed by atoms with Gasteiger partial charge >= 0.3 is 0 Å². The first-order valence-corrected chi connectivity index (χ1v) is 9.01. The van der Waals surface area contributed by atoms with Crippen LogP contribution in [0, 0.1) is 5.82 Å². The van der Waals surface area contributed by atoms with E-state index >= 15 is 0 Å². The Balaban J connectivity index is 1.51. The molecule has 0 aliphatic rings. The molecule has 5 nitrogen and oxygen atoms in total. The Kier molecular flexibility index (Phi) is 7.08. The van der Waals surface area contributed by atoms with Crippen molar-refractivity contribution in [3.05, 3.63) is 95.6 Å². The molecule has 0 atom stereocenters. The molecule has 0 bridgehead atoms. The van der Waals surface area contributed by atoms with E-state index in [1.165, 1.54) is 24.4 Å². The Morgan fingerprint density at radius 3 is 2.62 bits per heavy atom. The number of nitrogens with zero attached hydrogens (tertiary/aromatic N) is 1. The molecular weight excluding hydrogens is 371 g/mol. The summed E-state index contributed by atoms with van der Waals surface area (Å²) in [5.74, 6) is 0.0420. The second-order valence-electron chi connectivity index (χ2n) is 6.30. The number of carbonyl (C=O) groups excluding carboxylic acids is 1. The third-order valence-electron chi connectivity index (χ3n) is 4.04. The normalized spacial score (nSPS) is 10.8. The molecule has 1 amide bonds. The number of nitrogens with one attached hydrogen (secondary N) is 1. The number of hydrogen-bond donors (Lipinski definition) is 1. The van der Waals surface area contributed by atoms with Crippen LogP contribution in [-0.2, 0) is 22.7 Å². The highest BCUT2D eigenvalue weighted by Gasteiger charge is 2.02. The van der Waals surface area contributed by atoms with Crippen molar-refractivity contribution in [1.29, 1.82) is 0 Å². The van der Waals surface area contributed by atoms with Crippen LogP contribution in [0.25, 0.3) is 6.08 Å². The van der Waals surface area contributed by atoms with Gasteiger partial charge in [-0.15, -0.1) is 0 Å². The molecule has 0 radical (unpaired) electrons. The van der Waals surface area contributed by atoms with Gasteiger partial charge in [0.2, 0.25) is 5.91 Å². The Labute approximate surface area is 168 Å². The molecule has 0 aliphatic heterocycles. The highest BCUT2D eigenvalue weighted by Crippen LogP contribution is 2.15. The third-order valence-corrected chi connectivity index (χ3v) is 4.04. The minimum Gasteiger partial charge on any atom is -0.497 e. The molecule has 1 heterocycles. The van der Waals surface area contributed by atoms with E-state index in [2.05, 4.69) is 10.3 Å². The van der Waals surface area contributed by atoms with Crippen LogP contribution >= 0.6 is 0 Å². The summed E-state index contributed by atoms with van der Waals surface area (Å²) in [4.78, 5) is 15.8. The molecule has 148 valence electrons. The van der Waals surface area contributed by atoms with Crippen LogP contribution in [0.4, 0.5) is 10.1 Å². The highest BCUT2D eigenvalue weighted by atomic mass is 19.1. The Morgan fingerprint density at radius 2 is 1.86 bits per heavy atom. The number of aromatic nitrogens is 1. The fourth-order valence-corrected chi connectivity index (χ4v) is 2.62. The number of hydrogen-bond acceptors (Lipinski definition) is 4. The monoisotopic (exact) mass is 392 g/mol. The SMILES string of the molecule is COc1ccc(COCc2cccc(NC(=O)/C=C/c3cncc(F)c3)c2)cc1. The molecule has 0 fully saturated rings. The summed E-state index contributed by atoms with van der Waals surface area (Å²) in [5.41, 5.74) is 3.16. The van der Waals surface area contributed by atoms with Crippen LogP contribution in [0.1, 0.15) is 16.7 Å². The second kappa shape index (κ2) is 10.1. The molecule has 0 saturated carbocycles. The van der Waals surface area contributed by atoms with Gasteiger partial charge < -0.3 is 14.8 Å². The molecule has 1 N–H and O–H groups in total. The van der Waals surface area contributed by atoms with Crippen molar-refractivity contribution >= 4 is 17.7 Å². The van der Waals surface area contributed by atoms with Crippen LogP contribution in [-0.4, -0.2) is 18.0 Å². The Morgan fingerprint density at radius 1 is 1.07 bits per heavy atom. The van der Waals surface area contributed by atoms with E-state index in [1.54, 1.807) is 13.2 Å². The quantitative estimate of drug-likeness (QED) is 0.569. The van der Waals surface area contributed by atoms with E-state index in [0.717, 1.165) is 23.1 Å². The Hall–Kier alpha value is -3.51. The lowest BCUT2D eigenvalue weighted by molar-refractivity contribution is -0.111. The summed E-state index contributed by atoms with van der Waals surface area (Å²) in [6, 6.07) is 16.4. The fraction of sp³-hybridized carbons (Fsp3) is 0.130. The molecule has 1 aromatic heterocycles. The first kappa shape index (κ1) is 20.2. The van der Waals surface area contributed by atoms with Gasteiger partial charge in [-0.2, -0.15) is 0 Å². The van der Waals surface area contributed by atoms with Gasteiger partial charge in [0.25, 0.3) is 0 Å². The lowest BCUT2D eigenvalue weighted by Gasteiger charge is -2.08. The van der Waals surface area contributed by atoms with Crippen molar-refractivity contribution in [3.8, 4) is 5.75 Å². The Bertz CT molecular complexity index is 987. The number of methoxy groups -OCH3 is 1. The van der Waals surface area contributed by atoms with Crippen LogP contribution in [0.15, 0.2) is 73.1 Å². The smallest absolute Gasteiger partial charge is 0.248 e. The number of pyridine rings is 1. The molecule has 0 saturated heterocycles. The van der Waals surface area contributed by atoms with E-state index in [0.29, 0.717) is 24.5 Å². The maximum absolute atomic E-state index is 13.1. The van der Waals surface area contributed by atoms with Gasteiger partial charge in [-0.25, -0.2) is 4.39 Å². The number of carbonyl (C=O) groups is 1. The van der Waals surface area contributed by atoms with Crippen LogP contribution in [0.3, 0.4) is 0 Å². The lowest BCUT2D eigenvalue weighted by atomic mass is 10.2. The zero-order valence-electron chi connectivity index (χ0n) is 16.0. The van der Waals surface area contributed by atoms with E-state index in [1.807, 2.05) is 42.5 Å². The standard InChI is InChI=1S/C23H21FN2O3/c1-28-22-8-5-17(6-9-22)15-29-16-19-3-2-4-21(12-19)26-23(27)10-7-18-11-20(24)14-25-13-18/h2-14H,15-16H2,1H3,(H,26,27)/b10-7+. The first-order valence-electron chi connectivity index (χ1n) is 9.01. The summed E-state index contributed by atoms with van der Waals surface area (Å²) in [5, 5.41) is 2.78. The van der Waals surface area contributed by atoms with Crippen molar-refractivity contribution in [1.82, 2.24) is 4.98 Å². The largest absolute Gasteiger partial charge is 0.497 e. The molecule has 6 heteroatoms. The number of anilines is 1. The van der Waals surface area contributed by atoms with Crippen LogP contribution in [0.5, 0.6) is 5.75 Å². The molecule has 0 aliphatic carbocycles. The lowest BCUT2D eigenvalue weighted by Crippen LogP contribution is -2.08. The first-order chi connectivity index (χ1) is 14.1. The van der Waals surface area contributed by atoms with Gasteiger partial charge in [0.15, 0.2) is 0 Å². The summed E-state index contributed by atoms with van der Waals surface area (Å²) in [7, 11) is 1.63. The molecule has 3 aromatic rings. The number of rotatable bonds is 8. The maximum atomic E-state index is 13.1. The van der Waals surface area contributed by atoms with E-state index in [-0.39, 0.29) is 5.91 Å². The minimum atomic E-state index is -0.449. The summed E-state index contributed by atoms with van der Waals surface area (Å²) < 4.78 is 24.0. The number of benzene rings is 2. The van der Waals surface area contributed by atoms with Gasteiger partial charge in [-0.05, 0) is 53.1 Å². The number of ether oxygens (including phenoxy) is 2. The zero-order valence-corrected chi connectivity index (χ0v) is 16.0. The molecule has 29 heavy (non-hydrogen) atoms. The van der Waals surface area contributed by atoms with Crippen molar-refractivity contribution < 1.29 is 18.7 Å². The van der Waals surface area contributed by atoms with Gasteiger partial charge in [0, 0.05) is 18.0 Å².